The minimum Gasteiger partial charge on any atom is -0.478 e. The Labute approximate surface area is 200 Å². The van der Waals surface area contributed by atoms with E-state index in [0.29, 0.717) is 17.4 Å². The normalized spacial score (nSPS) is 15.4. The van der Waals surface area contributed by atoms with Gasteiger partial charge >= 0.3 is 5.97 Å². The van der Waals surface area contributed by atoms with Crippen LogP contribution < -0.4 is 10.2 Å². The summed E-state index contributed by atoms with van der Waals surface area (Å²) in [6.07, 6.45) is 7.33. The van der Waals surface area contributed by atoms with Gasteiger partial charge in [0, 0.05) is 42.7 Å². The highest BCUT2D eigenvalue weighted by molar-refractivity contribution is 7.14. The minimum absolute atomic E-state index is 0.0909. The van der Waals surface area contributed by atoms with Crippen molar-refractivity contribution in [2.75, 3.05) is 16.8 Å². The van der Waals surface area contributed by atoms with Crippen LogP contribution in [0.25, 0.3) is 0 Å². The van der Waals surface area contributed by atoms with Crippen LogP contribution in [-0.2, 0) is 6.54 Å². The van der Waals surface area contributed by atoms with E-state index in [-0.39, 0.29) is 17.5 Å². The summed E-state index contributed by atoms with van der Waals surface area (Å²) in [7, 11) is 0. The molecule has 172 valence electrons. The lowest BCUT2D eigenvalue weighted by Gasteiger charge is -2.25. The Morgan fingerprint density at radius 1 is 1.12 bits per heavy atom. The van der Waals surface area contributed by atoms with E-state index in [9.17, 15) is 9.59 Å². The van der Waals surface area contributed by atoms with Gasteiger partial charge in [0.25, 0.3) is 5.91 Å². The Morgan fingerprint density at radius 2 is 1.91 bits per heavy atom. The molecule has 1 aliphatic rings. The van der Waals surface area contributed by atoms with Gasteiger partial charge in [-0.1, -0.05) is 0 Å². The summed E-state index contributed by atoms with van der Waals surface area (Å²) in [6.45, 7) is 1.46. The highest BCUT2D eigenvalue weighted by atomic mass is 32.1. The second kappa shape index (κ2) is 9.48. The molecule has 5 rings (SSSR count). The van der Waals surface area contributed by atoms with Crippen LogP contribution in [0.3, 0.4) is 0 Å². The van der Waals surface area contributed by atoms with E-state index in [0.717, 1.165) is 36.3 Å². The smallest absolute Gasteiger partial charge is 0.335 e. The summed E-state index contributed by atoms with van der Waals surface area (Å²) >= 11 is 1.41. The van der Waals surface area contributed by atoms with Gasteiger partial charge in [-0.25, -0.2) is 9.78 Å². The molecule has 4 heterocycles. The fourth-order valence-electron chi connectivity index (χ4n) is 4.28. The van der Waals surface area contributed by atoms with Crippen LogP contribution in [0.5, 0.6) is 0 Å². The lowest BCUT2D eigenvalue weighted by Crippen LogP contribution is -2.23. The fraction of sp³-hybridized carbons (Fsp3) is 0.200. The van der Waals surface area contributed by atoms with E-state index in [1.54, 1.807) is 30.6 Å². The van der Waals surface area contributed by atoms with Gasteiger partial charge in [-0.05, 0) is 66.9 Å². The first-order chi connectivity index (χ1) is 16.6. The molecule has 8 nitrogen and oxygen atoms in total. The molecule has 1 atom stereocenters. The highest BCUT2D eigenvalue weighted by Crippen LogP contribution is 2.37. The number of anilines is 2. The van der Waals surface area contributed by atoms with Gasteiger partial charge in [-0.2, -0.15) is 0 Å². The average Bonchev–Trinajstić information content (AvgIpc) is 3.60. The highest BCUT2D eigenvalue weighted by Gasteiger charge is 2.28. The summed E-state index contributed by atoms with van der Waals surface area (Å²) in [4.78, 5) is 35.1. The first kappa shape index (κ1) is 21.8. The van der Waals surface area contributed by atoms with Crippen LogP contribution in [-0.4, -0.2) is 38.1 Å². The molecule has 1 fully saturated rings. The Bertz CT molecular complexity index is 1300. The van der Waals surface area contributed by atoms with Crippen molar-refractivity contribution in [3.05, 3.63) is 95.0 Å². The van der Waals surface area contributed by atoms with Gasteiger partial charge in [0.05, 0.1) is 17.3 Å². The molecule has 2 N–H and O–H groups in total. The number of aromatic carboxylic acids is 1. The molecule has 1 saturated heterocycles. The number of carbonyl (C=O) groups is 2. The molecule has 0 saturated carbocycles. The third kappa shape index (κ3) is 4.55. The van der Waals surface area contributed by atoms with E-state index in [2.05, 4.69) is 15.2 Å². The molecule has 1 unspecified atom stereocenters. The van der Waals surface area contributed by atoms with Crippen molar-refractivity contribution in [1.82, 2.24) is 14.5 Å². The Hall–Kier alpha value is -3.98. The number of hydrogen-bond acceptors (Lipinski definition) is 6. The Kier molecular flexibility index (Phi) is 6.09. The second-order valence-corrected chi connectivity index (χ2v) is 8.97. The van der Waals surface area contributed by atoms with Crippen molar-refractivity contribution in [2.24, 2.45) is 0 Å². The van der Waals surface area contributed by atoms with Gasteiger partial charge < -0.3 is 14.6 Å². The van der Waals surface area contributed by atoms with Crippen LogP contribution in [0.1, 0.15) is 51.0 Å². The quantitative estimate of drug-likeness (QED) is 0.404. The largest absolute Gasteiger partial charge is 0.478 e. The van der Waals surface area contributed by atoms with E-state index in [1.165, 1.54) is 11.3 Å². The third-order valence-electron chi connectivity index (χ3n) is 5.95. The Morgan fingerprint density at radius 3 is 2.68 bits per heavy atom. The third-order valence-corrected chi connectivity index (χ3v) is 6.72. The molecule has 34 heavy (non-hydrogen) atoms. The van der Waals surface area contributed by atoms with Crippen molar-refractivity contribution >= 4 is 34.0 Å². The Balaban J connectivity index is 1.28. The van der Waals surface area contributed by atoms with Gasteiger partial charge in [-0.15, -0.1) is 11.3 Å². The van der Waals surface area contributed by atoms with E-state index >= 15 is 0 Å². The molecule has 0 aliphatic carbocycles. The minimum atomic E-state index is -0.934. The van der Waals surface area contributed by atoms with Crippen molar-refractivity contribution in [1.29, 1.82) is 0 Å². The molecule has 4 aromatic rings. The number of hydrogen-bond donors (Lipinski definition) is 2. The molecule has 0 bridgehead atoms. The number of rotatable bonds is 7. The zero-order valence-corrected chi connectivity index (χ0v) is 19.1. The number of aromatic nitrogens is 3. The fourth-order valence-corrected chi connectivity index (χ4v) is 5.03. The molecule has 1 aromatic carbocycles. The summed E-state index contributed by atoms with van der Waals surface area (Å²) < 4.78 is 1.90. The molecule has 3 aromatic heterocycles. The van der Waals surface area contributed by atoms with Crippen molar-refractivity contribution in [3.8, 4) is 0 Å². The molecule has 0 radical (unpaired) electrons. The first-order valence-corrected chi connectivity index (χ1v) is 11.9. The number of pyridine rings is 1. The summed E-state index contributed by atoms with van der Waals surface area (Å²) in [5, 5.41) is 14.6. The predicted molar refractivity (Wildman–Crippen MR) is 131 cm³/mol. The SMILES string of the molecule is O=C(O)c1ccc(N2CCCC2c2csc(NC(=O)c3cccn3Cc3ccncc3)n2)cc1. The van der Waals surface area contributed by atoms with Crippen LogP contribution in [0.15, 0.2) is 72.5 Å². The number of benzene rings is 1. The monoisotopic (exact) mass is 473 g/mol. The average molecular weight is 474 g/mol. The number of nitrogens with one attached hydrogen (secondary N) is 1. The predicted octanol–water partition coefficient (Wildman–Crippen LogP) is 4.68. The van der Waals surface area contributed by atoms with Crippen LogP contribution in [0.4, 0.5) is 10.8 Å². The number of carbonyl (C=O) groups excluding carboxylic acids is 1. The van der Waals surface area contributed by atoms with E-state index < -0.39 is 5.97 Å². The number of amides is 1. The van der Waals surface area contributed by atoms with Crippen molar-refractivity contribution < 1.29 is 14.7 Å². The van der Waals surface area contributed by atoms with E-state index in [4.69, 9.17) is 10.1 Å². The topological polar surface area (TPSA) is 100 Å². The first-order valence-electron chi connectivity index (χ1n) is 11.0. The lowest BCUT2D eigenvalue weighted by molar-refractivity contribution is 0.0696. The standard InChI is InChI=1S/C25H23N5O3S/c31-23(22-4-1-13-29(22)15-17-9-11-26-12-10-17)28-25-27-20(16-34-25)21-3-2-14-30(21)19-7-5-18(6-8-19)24(32)33/h1,4-13,16,21H,2-3,14-15H2,(H,32,33)(H,27,28,31). The maximum Gasteiger partial charge on any atom is 0.335 e. The molecule has 0 spiro atoms. The number of thiazole rings is 1. The maximum atomic E-state index is 13.0. The maximum absolute atomic E-state index is 13.0. The van der Waals surface area contributed by atoms with E-state index in [1.807, 2.05) is 46.5 Å². The van der Waals surface area contributed by atoms with Gasteiger partial charge in [0.1, 0.15) is 5.69 Å². The summed E-state index contributed by atoms with van der Waals surface area (Å²) in [6, 6.07) is 14.5. The summed E-state index contributed by atoms with van der Waals surface area (Å²) in [5.74, 6) is -1.14. The second-order valence-electron chi connectivity index (χ2n) is 8.11. The molecular formula is C25H23N5O3S. The zero-order valence-electron chi connectivity index (χ0n) is 18.3. The molecule has 1 amide bonds. The zero-order chi connectivity index (χ0) is 23.5. The van der Waals surface area contributed by atoms with Crippen LogP contribution in [0, 0.1) is 0 Å². The number of nitrogens with zero attached hydrogens (tertiary/aromatic N) is 4. The molecule has 9 heteroatoms. The van der Waals surface area contributed by atoms with Gasteiger partial charge in [0.15, 0.2) is 5.13 Å². The number of carboxylic acid groups (broad SMARTS) is 1. The van der Waals surface area contributed by atoms with Gasteiger partial charge in [0.2, 0.25) is 0 Å². The van der Waals surface area contributed by atoms with Crippen LogP contribution in [0.2, 0.25) is 0 Å². The lowest BCUT2D eigenvalue weighted by atomic mass is 10.1. The molecule has 1 aliphatic heterocycles. The van der Waals surface area contributed by atoms with Crippen molar-refractivity contribution in [2.45, 2.75) is 25.4 Å². The van der Waals surface area contributed by atoms with Crippen molar-refractivity contribution in [3.63, 3.8) is 0 Å². The summed E-state index contributed by atoms with van der Waals surface area (Å²) in [5.41, 5.74) is 3.78. The van der Waals surface area contributed by atoms with Crippen LogP contribution >= 0.6 is 11.3 Å². The van der Waals surface area contributed by atoms with Gasteiger partial charge in [-0.3, -0.25) is 15.1 Å². The molecular weight excluding hydrogens is 450 g/mol. The number of carboxylic acids is 1.